The summed E-state index contributed by atoms with van der Waals surface area (Å²) < 4.78 is 0. The molecule has 2 amide bonds. The Morgan fingerprint density at radius 2 is 1.65 bits per heavy atom. The molecule has 2 atom stereocenters. The van der Waals surface area contributed by atoms with Crippen molar-refractivity contribution in [3.8, 4) is 0 Å². The zero-order chi connectivity index (χ0) is 13.4. The van der Waals surface area contributed by atoms with Crippen LogP contribution in [-0.2, 0) is 9.59 Å². The number of amides is 2. The van der Waals surface area contributed by atoms with E-state index < -0.39 is 6.04 Å². The molecule has 17 heavy (non-hydrogen) atoms. The molecule has 0 heterocycles. The van der Waals surface area contributed by atoms with E-state index in [0.29, 0.717) is 12.5 Å². The Hall–Kier alpha value is -1.06. The second-order valence-electron chi connectivity index (χ2n) is 4.78. The fraction of sp³-hybridized carbons (Fsp3) is 0.846. The molecule has 0 aromatic carbocycles. The summed E-state index contributed by atoms with van der Waals surface area (Å²) in [5.74, 6) is 0.141. The van der Waals surface area contributed by atoms with Crippen molar-refractivity contribution in [2.45, 2.75) is 53.5 Å². The van der Waals surface area contributed by atoms with Gasteiger partial charge in [0.15, 0.2) is 0 Å². The van der Waals surface area contributed by atoms with Gasteiger partial charge in [0.2, 0.25) is 11.8 Å². The molecule has 0 rings (SSSR count). The zero-order valence-corrected chi connectivity index (χ0v) is 11.7. The maximum atomic E-state index is 11.9. The van der Waals surface area contributed by atoms with Crippen molar-refractivity contribution in [1.82, 2.24) is 10.6 Å². The van der Waals surface area contributed by atoms with Crippen LogP contribution in [0.4, 0.5) is 0 Å². The number of nitrogens with one attached hydrogen (secondary N) is 2. The molecule has 2 unspecified atom stereocenters. The lowest BCUT2D eigenvalue weighted by atomic mass is 9.92. The van der Waals surface area contributed by atoms with Crippen LogP contribution in [0.2, 0.25) is 0 Å². The van der Waals surface area contributed by atoms with Crippen molar-refractivity contribution >= 4 is 11.8 Å². The summed E-state index contributed by atoms with van der Waals surface area (Å²) in [6, 6.07) is -0.457. The second-order valence-corrected chi connectivity index (χ2v) is 4.78. The molecule has 0 saturated heterocycles. The van der Waals surface area contributed by atoms with Gasteiger partial charge < -0.3 is 10.6 Å². The summed E-state index contributed by atoms with van der Waals surface area (Å²) in [5, 5.41) is 5.54. The third kappa shape index (κ3) is 5.71. The summed E-state index contributed by atoms with van der Waals surface area (Å²) in [6.45, 7) is 10.4. The molecule has 2 N–H and O–H groups in total. The van der Waals surface area contributed by atoms with Gasteiger partial charge in [0.1, 0.15) is 6.04 Å². The van der Waals surface area contributed by atoms with E-state index in [0.717, 1.165) is 12.8 Å². The standard InChI is InChI=1S/C13H26N2O2/c1-6-8-14-12(16)10(5)15-13(17)11(7-2)9(3)4/h9-11H,6-8H2,1-5H3,(H,14,16)(H,15,17). The molecule has 0 fully saturated rings. The smallest absolute Gasteiger partial charge is 0.242 e. The van der Waals surface area contributed by atoms with Gasteiger partial charge in [0, 0.05) is 12.5 Å². The lowest BCUT2D eigenvalue weighted by molar-refractivity contribution is -0.131. The summed E-state index contributed by atoms with van der Waals surface area (Å²) in [4.78, 5) is 23.5. The van der Waals surface area contributed by atoms with Gasteiger partial charge in [-0.3, -0.25) is 9.59 Å². The Morgan fingerprint density at radius 3 is 2.06 bits per heavy atom. The summed E-state index contributed by atoms with van der Waals surface area (Å²) >= 11 is 0. The normalized spacial score (nSPS) is 14.2. The first-order valence-electron chi connectivity index (χ1n) is 6.52. The van der Waals surface area contributed by atoms with Crippen molar-refractivity contribution in [3.05, 3.63) is 0 Å². The molecular formula is C13H26N2O2. The fourth-order valence-electron chi connectivity index (χ4n) is 1.75. The number of hydrogen-bond acceptors (Lipinski definition) is 2. The molecule has 0 bridgehead atoms. The number of carbonyl (C=O) groups is 2. The third-order valence-corrected chi connectivity index (χ3v) is 2.88. The maximum Gasteiger partial charge on any atom is 0.242 e. The lowest BCUT2D eigenvalue weighted by Crippen LogP contribution is -2.47. The van der Waals surface area contributed by atoms with Crippen LogP contribution in [0.15, 0.2) is 0 Å². The van der Waals surface area contributed by atoms with Crippen LogP contribution in [0.1, 0.15) is 47.5 Å². The van der Waals surface area contributed by atoms with Crippen molar-refractivity contribution in [1.29, 1.82) is 0 Å². The molecule has 0 radical (unpaired) electrons. The molecule has 0 aliphatic carbocycles. The van der Waals surface area contributed by atoms with Crippen LogP contribution < -0.4 is 10.6 Å². The van der Waals surface area contributed by atoms with Gasteiger partial charge in [-0.05, 0) is 25.7 Å². The van der Waals surface area contributed by atoms with Gasteiger partial charge >= 0.3 is 0 Å². The van der Waals surface area contributed by atoms with Crippen molar-refractivity contribution in [2.75, 3.05) is 6.54 Å². The van der Waals surface area contributed by atoms with Gasteiger partial charge in [0.05, 0.1) is 0 Å². The van der Waals surface area contributed by atoms with E-state index in [1.165, 1.54) is 0 Å². The van der Waals surface area contributed by atoms with Crippen LogP contribution in [0.5, 0.6) is 0 Å². The molecule has 4 heteroatoms. The highest BCUT2D eigenvalue weighted by Crippen LogP contribution is 2.14. The highest BCUT2D eigenvalue weighted by Gasteiger charge is 2.23. The summed E-state index contributed by atoms with van der Waals surface area (Å²) in [6.07, 6.45) is 1.70. The quantitative estimate of drug-likeness (QED) is 0.714. The first kappa shape index (κ1) is 15.9. The van der Waals surface area contributed by atoms with E-state index in [9.17, 15) is 9.59 Å². The highest BCUT2D eigenvalue weighted by atomic mass is 16.2. The van der Waals surface area contributed by atoms with E-state index in [2.05, 4.69) is 10.6 Å². The largest absolute Gasteiger partial charge is 0.354 e. The molecule has 100 valence electrons. The number of hydrogen-bond donors (Lipinski definition) is 2. The predicted molar refractivity (Wildman–Crippen MR) is 69.5 cm³/mol. The summed E-state index contributed by atoms with van der Waals surface area (Å²) in [7, 11) is 0. The first-order valence-corrected chi connectivity index (χ1v) is 6.52. The van der Waals surface area contributed by atoms with Crippen molar-refractivity contribution in [3.63, 3.8) is 0 Å². The Kier molecular flexibility index (Phi) is 7.59. The lowest BCUT2D eigenvalue weighted by Gasteiger charge is -2.21. The Labute approximate surface area is 105 Å². The van der Waals surface area contributed by atoms with Crippen molar-refractivity contribution in [2.24, 2.45) is 11.8 Å². The minimum absolute atomic E-state index is 0.0172. The minimum Gasteiger partial charge on any atom is -0.354 e. The zero-order valence-electron chi connectivity index (χ0n) is 11.7. The Bertz CT molecular complexity index is 252. The van der Waals surface area contributed by atoms with E-state index >= 15 is 0 Å². The van der Waals surface area contributed by atoms with Crippen LogP contribution in [-0.4, -0.2) is 24.4 Å². The Balaban J connectivity index is 4.22. The molecule has 0 spiro atoms. The number of rotatable bonds is 7. The van der Waals surface area contributed by atoms with Gasteiger partial charge in [0.25, 0.3) is 0 Å². The van der Waals surface area contributed by atoms with Gasteiger partial charge in [-0.1, -0.05) is 27.7 Å². The average molecular weight is 242 g/mol. The molecule has 0 aliphatic rings. The Morgan fingerprint density at radius 1 is 1.06 bits per heavy atom. The minimum atomic E-state index is -0.457. The predicted octanol–water partition coefficient (Wildman–Crippen LogP) is 1.70. The average Bonchev–Trinajstić information content (AvgIpc) is 2.25. The topological polar surface area (TPSA) is 58.2 Å². The molecule has 0 aromatic heterocycles. The van der Waals surface area contributed by atoms with Crippen LogP contribution in [0.3, 0.4) is 0 Å². The van der Waals surface area contributed by atoms with Crippen LogP contribution in [0, 0.1) is 11.8 Å². The molecular weight excluding hydrogens is 216 g/mol. The SMILES string of the molecule is CCCNC(=O)C(C)NC(=O)C(CC)C(C)C. The van der Waals surface area contributed by atoms with Gasteiger partial charge in [-0.15, -0.1) is 0 Å². The summed E-state index contributed by atoms with van der Waals surface area (Å²) in [5.41, 5.74) is 0. The molecule has 0 aromatic rings. The van der Waals surface area contributed by atoms with E-state index in [1.807, 2.05) is 27.7 Å². The first-order chi connectivity index (χ1) is 7.93. The number of carbonyl (C=O) groups excluding carboxylic acids is 2. The van der Waals surface area contributed by atoms with Crippen LogP contribution >= 0.6 is 0 Å². The van der Waals surface area contributed by atoms with E-state index in [-0.39, 0.29) is 17.7 Å². The van der Waals surface area contributed by atoms with Gasteiger partial charge in [-0.2, -0.15) is 0 Å². The monoisotopic (exact) mass is 242 g/mol. The molecule has 4 nitrogen and oxygen atoms in total. The second kappa shape index (κ2) is 8.09. The molecule has 0 saturated carbocycles. The van der Waals surface area contributed by atoms with Crippen molar-refractivity contribution < 1.29 is 9.59 Å². The third-order valence-electron chi connectivity index (χ3n) is 2.88. The fourth-order valence-corrected chi connectivity index (χ4v) is 1.75. The van der Waals surface area contributed by atoms with Gasteiger partial charge in [-0.25, -0.2) is 0 Å². The van der Waals surface area contributed by atoms with Crippen LogP contribution in [0.25, 0.3) is 0 Å². The highest BCUT2D eigenvalue weighted by molar-refractivity contribution is 5.88. The van der Waals surface area contributed by atoms with E-state index in [4.69, 9.17) is 0 Å². The van der Waals surface area contributed by atoms with E-state index in [1.54, 1.807) is 6.92 Å². The molecule has 0 aliphatic heterocycles. The maximum absolute atomic E-state index is 11.9.